The number of benzene rings is 3. The average molecular weight is 683 g/mol. The molecular weight excluding hydrogens is 659 g/mol. The summed E-state index contributed by atoms with van der Waals surface area (Å²) in [5.41, 5.74) is 6.07. The second kappa shape index (κ2) is 11.2. The smallest absolute Gasteiger partial charge is 0.155 e. The quantitative estimate of drug-likeness (QED) is 0.115. The van der Waals surface area contributed by atoms with Crippen LogP contribution in [0.15, 0.2) is 95.2 Å². The zero-order chi connectivity index (χ0) is 25.2. The molecule has 6 rings (SSSR count). The first-order valence-corrected chi connectivity index (χ1v) is 12.4. The van der Waals surface area contributed by atoms with Gasteiger partial charge in [-0.3, -0.25) is 4.79 Å². The van der Waals surface area contributed by atoms with Crippen molar-refractivity contribution in [3.05, 3.63) is 102 Å². The Morgan fingerprint density at radius 2 is 1.73 bits per heavy atom. The van der Waals surface area contributed by atoms with E-state index >= 15 is 0 Å². The molecule has 3 aromatic heterocycles. The first kappa shape index (κ1) is 26.5. The Labute approximate surface area is 232 Å². The number of hydrogen-bond donors (Lipinski definition) is 1. The fraction of sp³-hybridized carbons (Fsp3) is 0.0968. The Morgan fingerprint density at radius 3 is 2.43 bits per heavy atom. The van der Waals surface area contributed by atoms with Crippen molar-refractivity contribution in [3.8, 4) is 21.7 Å². The number of rotatable bonds is 3. The first-order valence-electron chi connectivity index (χ1n) is 11.6. The van der Waals surface area contributed by atoms with Crippen LogP contribution in [0.25, 0.3) is 53.7 Å². The van der Waals surface area contributed by atoms with Gasteiger partial charge in [-0.15, -0.1) is 29.5 Å². The van der Waals surface area contributed by atoms with Gasteiger partial charge in [-0.2, -0.15) is 0 Å². The topological polar surface area (TPSA) is 63.3 Å². The number of para-hydroxylation sites is 1. The van der Waals surface area contributed by atoms with Crippen LogP contribution < -0.4 is 0 Å². The van der Waals surface area contributed by atoms with Crippen molar-refractivity contribution < 1.29 is 34.4 Å². The van der Waals surface area contributed by atoms with Crippen LogP contribution in [-0.4, -0.2) is 15.9 Å². The summed E-state index contributed by atoms with van der Waals surface area (Å²) in [5, 5.41) is 11.8. The summed E-state index contributed by atoms with van der Waals surface area (Å²) in [4.78, 5) is 16.1. The number of thiophene rings is 1. The predicted molar refractivity (Wildman–Crippen MR) is 148 cm³/mol. The third-order valence-corrected chi connectivity index (χ3v) is 7.17. The second-order valence-corrected chi connectivity index (χ2v) is 9.63. The predicted octanol–water partition coefficient (Wildman–Crippen LogP) is 8.67. The maximum absolute atomic E-state index is 10.0. The summed E-state index contributed by atoms with van der Waals surface area (Å²) in [6.07, 6.45) is 3.15. The van der Waals surface area contributed by atoms with Gasteiger partial charge in [-0.1, -0.05) is 65.5 Å². The summed E-state index contributed by atoms with van der Waals surface area (Å²) in [7, 11) is 0. The van der Waals surface area contributed by atoms with Gasteiger partial charge in [0.25, 0.3) is 0 Å². The number of allylic oxidation sites excluding steroid dienone is 2. The second-order valence-electron chi connectivity index (χ2n) is 8.58. The number of hydrogen-bond acceptors (Lipinski definition) is 5. The molecule has 4 nitrogen and oxygen atoms in total. The maximum atomic E-state index is 10.0. The molecule has 1 radical (unpaired) electrons. The van der Waals surface area contributed by atoms with E-state index in [1.54, 1.807) is 0 Å². The fourth-order valence-electron chi connectivity index (χ4n) is 4.29. The zero-order valence-electron chi connectivity index (χ0n) is 20.5. The number of nitrogens with zero attached hydrogens (tertiary/aromatic N) is 1. The van der Waals surface area contributed by atoms with E-state index in [2.05, 4.69) is 61.5 Å². The Bertz CT molecular complexity index is 1740. The van der Waals surface area contributed by atoms with Crippen LogP contribution in [-0.2, 0) is 24.9 Å². The SMILES string of the molecule is CC(=O)/C=C(/C)O.Cc1c(-c2ccccc2)sc2cc(-c3[c-]ccc4c3oc3ccccc34)ncc12.[Ir]. The fourth-order valence-corrected chi connectivity index (χ4v) is 5.51. The largest absolute Gasteiger partial charge is 0.512 e. The van der Waals surface area contributed by atoms with Crippen molar-refractivity contribution in [2.75, 3.05) is 0 Å². The Morgan fingerprint density at radius 1 is 1.00 bits per heavy atom. The van der Waals surface area contributed by atoms with Gasteiger partial charge in [0.2, 0.25) is 0 Å². The van der Waals surface area contributed by atoms with Crippen LogP contribution in [0.4, 0.5) is 0 Å². The number of carbonyl (C=O) groups excluding carboxylic acids is 1. The molecule has 0 bridgehead atoms. The summed E-state index contributed by atoms with van der Waals surface area (Å²) >= 11 is 1.81. The Hall–Kier alpha value is -3.57. The number of pyridine rings is 1. The Balaban J connectivity index is 0.000000356. The minimum Gasteiger partial charge on any atom is -0.512 e. The van der Waals surface area contributed by atoms with Crippen LogP contribution in [0.2, 0.25) is 0 Å². The van der Waals surface area contributed by atoms with Gasteiger partial charge in [0, 0.05) is 52.7 Å². The molecule has 6 heteroatoms. The van der Waals surface area contributed by atoms with Gasteiger partial charge in [-0.25, -0.2) is 0 Å². The molecule has 0 spiro atoms. The van der Waals surface area contributed by atoms with Crippen LogP contribution in [0, 0.1) is 13.0 Å². The van der Waals surface area contributed by atoms with E-state index in [1.165, 1.54) is 46.0 Å². The van der Waals surface area contributed by atoms with Crippen LogP contribution in [0.5, 0.6) is 0 Å². The number of ketones is 1. The van der Waals surface area contributed by atoms with Crippen molar-refractivity contribution >= 4 is 49.1 Å². The number of aliphatic hydroxyl groups is 1. The molecule has 3 aromatic carbocycles. The van der Waals surface area contributed by atoms with Crippen molar-refractivity contribution in [3.63, 3.8) is 0 Å². The molecule has 0 unspecified atom stereocenters. The molecule has 1 N–H and O–H groups in total. The summed E-state index contributed by atoms with van der Waals surface area (Å²) in [6.45, 7) is 5.02. The molecule has 0 aliphatic rings. The van der Waals surface area contributed by atoms with E-state index in [4.69, 9.17) is 14.5 Å². The third kappa shape index (κ3) is 5.42. The van der Waals surface area contributed by atoms with E-state index in [9.17, 15) is 4.79 Å². The molecule has 187 valence electrons. The number of carbonyl (C=O) groups is 1. The molecule has 37 heavy (non-hydrogen) atoms. The number of aliphatic hydroxyl groups excluding tert-OH is 1. The third-order valence-electron chi connectivity index (χ3n) is 5.87. The van der Waals surface area contributed by atoms with Crippen LogP contribution in [0.3, 0.4) is 0 Å². The molecule has 0 saturated carbocycles. The van der Waals surface area contributed by atoms with E-state index in [-0.39, 0.29) is 31.6 Å². The molecular formula is C31H24IrNO3S-. The molecule has 0 fully saturated rings. The van der Waals surface area contributed by atoms with Gasteiger partial charge in [0.1, 0.15) is 5.58 Å². The van der Waals surface area contributed by atoms with Gasteiger partial charge in [0.05, 0.1) is 11.3 Å². The summed E-state index contributed by atoms with van der Waals surface area (Å²) in [5.74, 6) is -0.0625. The molecule has 6 aromatic rings. The molecule has 0 aliphatic carbocycles. The van der Waals surface area contributed by atoms with Crippen molar-refractivity contribution in [2.45, 2.75) is 20.8 Å². The molecule has 3 heterocycles. The molecule has 0 saturated heterocycles. The van der Waals surface area contributed by atoms with Crippen LogP contribution in [0.1, 0.15) is 19.4 Å². The van der Waals surface area contributed by atoms with E-state index in [1.807, 2.05) is 41.8 Å². The molecule has 0 aliphatic heterocycles. The zero-order valence-corrected chi connectivity index (χ0v) is 23.7. The number of aryl methyl sites for hydroxylation is 1. The molecule has 0 atom stereocenters. The van der Waals surface area contributed by atoms with Gasteiger partial charge >= 0.3 is 0 Å². The van der Waals surface area contributed by atoms with Crippen molar-refractivity contribution in [1.82, 2.24) is 4.98 Å². The van der Waals surface area contributed by atoms with Crippen molar-refractivity contribution in [1.29, 1.82) is 0 Å². The minimum absolute atomic E-state index is 0. The van der Waals surface area contributed by atoms with E-state index in [0.29, 0.717) is 0 Å². The first-order chi connectivity index (χ1) is 17.4. The number of furan rings is 1. The summed E-state index contributed by atoms with van der Waals surface area (Å²) in [6, 6.07) is 28.2. The summed E-state index contributed by atoms with van der Waals surface area (Å²) < 4.78 is 7.41. The van der Waals surface area contributed by atoms with Crippen molar-refractivity contribution in [2.24, 2.45) is 0 Å². The standard InChI is InChI=1S/C26H16NOS.C5H8O2.Ir/c1-16-21-15-27-22(14-24(21)29-26(16)17-8-3-2-4-9-17)20-12-7-11-19-18-10-5-6-13-23(18)28-25(19)20;1-4(6)3-5(2)7;/h2-11,13-15H,1H3;3,6H,1-2H3;/q-1;;/b;4-3-;. The monoisotopic (exact) mass is 683 g/mol. The van der Waals surface area contributed by atoms with Gasteiger partial charge in [-0.05, 0) is 43.7 Å². The van der Waals surface area contributed by atoms with Gasteiger partial charge < -0.3 is 14.5 Å². The van der Waals surface area contributed by atoms with Gasteiger partial charge in [0.15, 0.2) is 5.78 Å². The maximum Gasteiger partial charge on any atom is 0.155 e. The molecule has 0 amide bonds. The number of aromatic nitrogens is 1. The average Bonchev–Trinajstić information content (AvgIpc) is 3.41. The van der Waals surface area contributed by atoms with Crippen LogP contribution >= 0.6 is 11.3 Å². The number of fused-ring (bicyclic) bond motifs is 4. The van der Waals surface area contributed by atoms with E-state index < -0.39 is 0 Å². The van der Waals surface area contributed by atoms with E-state index in [0.717, 1.165) is 33.2 Å². The normalized spacial score (nSPS) is 11.3. The minimum atomic E-state index is -0.125. The Kier molecular flexibility index (Phi) is 8.03.